The molecule has 0 spiro atoms. The van der Waals surface area contributed by atoms with E-state index in [0.29, 0.717) is 11.8 Å². The number of aryl methyl sites for hydroxylation is 1. The normalized spacial score (nSPS) is 11.9. The van der Waals surface area contributed by atoms with Gasteiger partial charge in [-0.3, -0.25) is 0 Å². The molecular weight excluding hydrogens is 246 g/mol. The Labute approximate surface area is 122 Å². The Hall–Kier alpha value is -1.35. The summed E-state index contributed by atoms with van der Waals surface area (Å²) in [4.78, 5) is 4.79. The molecule has 0 aliphatic carbocycles. The summed E-state index contributed by atoms with van der Waals surface area (Å²) in [5.74, 6) is 2.42. The number of imidazole rings is 1. The summed E-state index contributed by atoms with van der Waals surface area (Å²) >= 11 is 0. The molecule has 0 saturated heterocycles. The van der Waals surface area contributed by atoms with Crippen molar-refractivity contribution < 1.29 is 0 Å². The second kappa shape index (κ2) is 6.40. The minimum absolute atomic E-state index is 0.553. The molecule has 0 radical (unpaired) electrons. The van der Waals surface area contributed by atoms with Gasteiger partial charge < -0.3 is 9.88 Å². The van der Waals surface area contributed by atoms with E-state index in [9.17, 15) is 0 Å². The van der Waals surface area contributed by atoms with Crippen LogP contribution in [0.4, 0.5) is 0 Å². The van der Waals surface area contributed by atoms with Crippen LogP contribution < -0.4 is 5.32 Å². The van der Waals surface area contributed by atoms with Crippen molar-refractivity contribution in [3.63, 3.8) is 0 Å². The van der Waals surface area contributed by atoms with Gasteiger partial charge >= 0.3 is 0 Å². The summed E-state index contributed by atoms with van der Waals surface area (Å²) in [6.07, 6.45) is 0.981. The second-order valence-electron chi connectivity index (χ2n) is 6.34. The van der Waals surface area contributed by atoms with Gasteiger partial charge in [-0.1, -0.05) is 33.8 Å². The van der Waals surface area contributed by atoms with E-state index in [0.717, 1.165) is 30.9 Å². The highest BCUT2D eigenvalue weighted by molar-refractivity contribution is 5.77. The van der Waals surface area contributed by atoms with Gasteiger partial charge in [0, 0.05) is 20.0 Å². The SMILES string of the molecule is CC(C)CNCCc1nc2cc(C(C)C)ccc2n1C. The van der Waals surface area contributed by atoms with Crippen molar-refractivity contribution in [2.75, 3.05) is 13.1 Å². The fraction of sp³-hybridized carbons (Fsp3) is 0.588. The number of nitrogens with zero attached hydrogens (tertiary/aromatic N) is 2. The Morgan fingerprint density at radius 2 is 1.95 bits per heavy atom. The first kappa shape index (κ1) is 15.0. The number of fused-ring (bicyclic) bond motifs is 1. The summed E-state index contributed by atoms with van der Waals surface area (Å²) in [7, 11) is 2.11. The quantitative estimate of drug-likeness (QED) is 0.817. The number of aromatic nitrogens is 2. The molecule has 1 aromatic carbocycles. The van der Waals surface area contributed by atoms with Crippen LogP contribution in [0.25, 0.3) is 11.0 Å². The first-order valence-corrected chi connectivity index (χ1v) is 7.65. The van der Waals surface area contributed by atoms with Gasteiger partial charge in [0.1, 0.15) is 5.82 Å². The molecule has 0 fully saturated rings. The largest absolute Gasteiger partial charge is 0.331 e. The highest BCUT2D eigenvalue weighted by atomic mass is 15.1. The Bertz CT molecular complexity index is 567. The van der Waals surface area contributed by atoms with E-state index >= 15 is 0 Å². The molecule has 1 heterocycles. The van der Waals surface area contributed by atoms with Gasteiger partial charge in [-0.25, -0.2) is 4.98 Å². The van der Waals surface area contributed by atoms with Crippen molar-refractivity contribution >= 4 is 11.0 Å². The third kappa shape index (κ3) is 3.40. The second-order valence-corrected chi connectivity index (χ2v) is 6.34. The van der Waals surface area contributed by atoms with Crippen LogP contribution in [0, 0.1) is 5.92 Å². The average Bonchev–Trinajstić information content (AvgIpc) is 2.71. The Morgan fingerprint density at radius 1 is 1.20 bits per heavy atom. The van der Waals surface area contributed by atoms with E-state index in [1.165, 1.54) is 11.1 Å². The highest BCUT2D eigenvalue weighted by Gasteiger charge is 2.09. The molecule has 3 nitrogen and oxygen atoms in total. The van der Waals surface area contributed by atoms with E-state index in [1.807, 2.05) is 0 Å². The molecule has 0 aliphatic heterocycles. The van der Waals surface area contributed by atoms with Crippen LogP contribution in [0.5, 0.6) is 0 Å². The van der Waals surface area contributed by atoms with Gasteiger partial charge in [-0.15, -0.1) is 0 Å². The monoisotopic (exact) mass is 273 g/mol. The van der Waals surface area contributed by atoms with Crippen molar-refractivity contribution in [3.8, 4) is 0 Å². The molecule has 2 aromatic rings. The van der Waals surface area contributed by atoms with Crippen LogP contribution in [0.2, 0.25) is 0 Å². The molecule has 1 N–H and O–H groups in total. The van der Waals surface area contributed by atoms with Crippen molar-refractivity contribution in [3.05, 3.63) is 29.6 Å². The molecule has 0 bridgehead atoms. The zero-order valence-corrected chi connectivity index (χ0v) is 13.4. The molecule has 20 heavy (non-hydrogen) atoms. The van der Waals surface area contributed by atoms with Gasteiger partial charge in [0.15, 0.2) is 0 Å². The first-order valence-electron chi connectivity index (χ1n) is 7.65. The highest BCUT2D eigenvalue weighted by Crippen LogP contribution is 2.21. The average molecular weight is 273 g/mol. The summed E-state index contributed by atoms with van der Waals surface area (Å²) < 4.78 is 2.22. The predicted molar refractivity (Wildman–Crippen MR) is 86.2 cm³/mol. The van der Waals surface area contributed by atoms with Crippen LogP contribution in [0.15, 0.2) is 18.2 Å². The zero-order valence-electron chi connectivity index (χ0n) is 13.4. The summed E-state index contributed by atoms with van der Waals surface area (Å²) in [5.41, 5.74) is 3.71. The minimum atomic E-state index is 0.553. The molecule has 110 valence electrons. The Balaban J connectivity index is 2.12. The fourth-order valence-electron chi connectivity index (χ4n) is 2.44. The van der Waals surface area contributed by atoms with E-state index in [-0.39, 0.29) is 0 Å². The van der Waals surface area contributed by atoms with E-state index < -0.39 is 0 Å². The third-order valence-electron chi connectivity index (χ3n) is 3.74. The van der Waals surface area contributed by atoms with Crippen molar-refractivity contribution in [1.82, 2.24) is 14.9 Å². The van der Waals surface area contributed by atoms with Crippen LogP contribution in [-0.4, -0.2) is 22.6 Å². The maximum Gasteiger partial charge on any atom is 0.110 e. The lowest BCUT2D eigenvalue weighted by molar-refractivity contribution is 0.548. The number of benzene rings is 1. The minimum Gasteiger partial charge on any atom is -0.331 e. The van der Waals surface area contributed by atoms with Gasteiger partial charge in [0.25, 0.3) is 0 Å². The molecule has 0 amide bonds. The maximum absolute atomic E-state index is 4.79. The molecule has 0 aliphatic rings. The van der Waals surface area contributed by atoms with Crippen LogP contribution in [-0.2, 0) is 13.5 Å². The predicted octanol–water partition coefficient (Wildman–Crippen LogP) is 3.48. The smallest absolute Gasteiger partial charge is 0.110 e. The lowest BCUT2D eigenvalue weighted by Gasteiger charge is -2.07. The first-order chi connectivity index (χ1) is 9.49. The van der Waals surface area contributed by atoms with E-state index in [2.05, 4.69) is 62.8 Å². The lowest BCUT2D eigenvalue weighted by Crippen LogP contribution is -2.23. The van der Waals surface area contributed by atoms with Gasteiger partial charge in [0.2, 0.25) is 0 Å². The number of hydrogen-bond donors (Lipinski definition) is 1. The van der Waals surface area contributed by atoms with Crippen molar-refractivity contribution in [2.45, 2.75) is 40.0 Å². The molecule has 0 unspecified atom stereocenters. The molecule has 0 atom stereocenters. The molecule has 2 rings (SSSR count). The topological polar surface area (TPSA) is 29.9 Å². The Kier molecular flexibility index (Phi) is 4.81. The van der Waals surface area contributed by atoms with Crippen LogP contribution in [0.3, 0.4) is 0 Å². The molecular formula is C17H27N3. The Morgan fingerprint density at radius 3 is 2.60 bits per heavy atom. The maximum atomic E-state index is 4.79. The zero-order chi connectivity index (χ0) is 14.7. The molecule has 0 saturated carbocycles. The third-order valence-corrected chi connectivity index (χ3v) is 3.74. The van der Waals surface area contributed by atoms with Crippen molar-refractivity contribution in [2.24, 2.45) is 13.0 Å². The van der Waals surface area contributed by atoms with Crippen LogP contribution >= 0.6 is 0 Å². The summed E-state index contributed by atoms with van der Waals surface area (Å²) in [6.45, 7) is 11.0. The summed E-state index contributed by atoms with van der Waals surface area (Å²) in [5, 5.41) is 3.48. The fourth-order valence-corrected chi connectivity index (χ4v) is 2.44. The van der Waals surface area contributed by atoms with Crippen LogP contribution in [0.1, 0.15) is 45.0 Å². The van der Waals surface area contributed by atoms with E-state index in [4.69, 9.17) is 4.98 Å². The molecule has 3 heteroatoms. The van der Waals surface area contributed by atoms with Crippen molar-refractivity contribution in [1.29, 1.82) is 0 Å². The molecule has 1 aromatic heterocycles. The number of rotatable bonds is 6. The van der Waals surface area contributed by atoms with Gasteiger partial charge in [-0.05, 0) is 36.1 Å². The number of nitrogens with one attached hydrogen (secondary N) is 1. The van der Waals surface area contributed by atoms with E-state index in [1.54, 1.807) is 0 Å². The van der Waals surface area contributed by atoms with Gasteiger partial charge in [0.05, 0.1) is 11.0 Å². The lowest BCUT2D eigenvalue weighted by atomic mass is 10.0. The number of hydrogen-bond acceptors (Lipinski definition) is 2. The standard InChI is InChI=1S/C17H27N3/c1-12(2)11-18-9-8-17-19-15-10-14(13(3)4)6-7-16(15)20(17)5/h6-7,10,12-13,18H,8-9,11H2,1-5H3. The van der Waals surface area contributed by atoms with Gasteiger partial charge in [-0.2, -0.15) is 0 Å². The summed E-state index contributed by atoms with van der Waals surface area (Å²) in [6, 6.07) is 6.64.